The molecule has 0 saturated carbocycles. The Morgan fingerprint density at radius 1 is 0.545 bits per heavy atom. The van der Waals surface area contributed by atoms with Crippen molar-refractivity contribution in [3.8, 4) is 0 Å². The van der Waals surface area contributed by atoms with E-state index >= 15 is 0 Å². The molecule has 0 heterocycles. The van der Waals surface area contributed by atoms with Crippen molar-refractivity contribution in [3.63, 3.8) is 0 Å². The number of aliphatic imine (C=N–C) groups is 1. The van der Waals surface area contributed by atoms with Crippen molar-refractivity contribution < 1.29 is 57.1 Å². The fraction of sp³-hybridized carbons (Fsp3) is 0.857. The minimum Gasteiger partial charge on any atom is -0.199 e. The topological polar surface area (TPSA) is 12.4 Å². The molecule has 0 aliphatic rings. The zero-order valence-electron chi connectivity index (χ0n) is 9.27. The molecule has 0 radical (unpaired) electrons. The van der Waals surface area contributed by atoms with E-state index in [1.54, 1.807) is 0 Å². The van der Waals surface area contributed by atoms with E-state index in [9.17, 15) is 57.1 Å². The molecule has 0 aliphatic heterocycles. The lowest BCUT2D eigenvalue weighted by Gasteiger charge is -2.38. The van der Waals surface area contributed by atoms with Gasteiger partial charge in [-0.15, -0.1) is 0 Å². The number of thiocarbonyl (C=S) groups is 1. The summed E-state index contributed by atoms with van der Waals surface area (Å²) in [5.41, 5.74) is 0. The molecule has 0 rings (SSSR count). The molecule has 130 valence electrons. The van der Waals surface area contributed by atoms with Gasteiger partial charge in [-0.3, -0.25) is 0 Å². The molecule has 0 fully saturated rings. The van der Waals surface area contributed by atoms with E-state index in [4.69, 9.17) is 0 Å². The molecule has 0 aromatic rings. The molecule has 0 aromatic heterocycles. The third kappa shape index (κ3) is 2.64. The van der Waals surface area contributed by atoms with Crippen LogP contribution in [0.3, 0.4) is 0 Å². The Hall–Kier alpha value is -1.11. The maximum Gasteiger partial charge on any atom is 0.460 e. The van der Waals surface area contributed by atoms with E-state index in [0.29, 0.717) is 0 Å². The average Bonchev–Trinajstić information content (AvgIpc) is 2.25. The minimum absolute atomic E-state index is 0.257. The van der Waals surface area contributed by atoms with Gasteiger partial charge >= 0.3 is 35.9 Å². The summed E-state index contributed by atoms with van der Waals surface area (Å²) in [6.45, 7) is 0. The van der Waals surface area contributed by atoms with Crippen LogP contribution in [0.15, 0.2) is 4.99 Å². The van der Waals surface area contributed by atoms with E-state index in [0.717, 1.165) is 4.99 Å². The maximum absolute atomic E-state index is 13.1. The second-order valence-electron chi connectivity index (χ2n) is 3.54. The Balaban J connectivity index is 6.48. The van der Waals surface area contributed by atoms with E-state index in [1.807, 2.05) is 0 Å². The summed E-state index contributed by atoms with van der Waals surface area (Å²) in [5, 5.41) is 0.257. The number of rotatable bonds is 4. The van der Waals surface area contributed by atoms with Crippen molar-refractivity contribution in [2.75, 3.05) is 0 Å². The Kier molecular flexibility index (Phi) is 4.95. The zero-order valence-corrected chi connectivity index (χ0v) is 10.1. The van der Waals surface area contributed by atoms with Crippen molar-refractivity contribution in [2.24, 2.45) is 4.99 Å². The smallest absolute Gasteiger partial charge is 0.199 e. The van der Waals surface area contributed by atoms with E-state index < -0.39 is 35.9 Å². The van der Waals surface area contributed by atoms with Crippen LogP contribution in [0.1, 0.15) is 0 Å². The highest BCUT2D eigenvalue weighted by atomic mass is 32.1. The second kappa shape index (κ2) is 5.22. The molecule has 15 heteroatoms. The Bertz CT molecular complexity index is 470. The largest absolute Gasteiger partial charge is 0.460 e. The molecular weight excluding hydrogens is 377 g/mol. The first kappa shape index (κ1) is 20.9. The quantitative estimate of drug-likeness (QED) is 0.297. The standard InChI is InChI=1S/C7F13NS/c8-2(9,4(12,13)6(15,16)17)3(10,11)5(14,21-1-22)7(18,19)20. The minimum atomic E-state index is -7.85. The molecule has 0 spiro atoms. The molecule has 0 aliphatic carbocycles. The third-order valence-electron chi connectivity index (χ3n) is 2.14. The van der Waals surface area contributed by atoms with Crippen LogP contribution in [0.5, 0.6) is 0 Å². The highest BCUT2D eigenvalue weighted by Crippen LogP contribution is 2.60. The highest BCUT2D eigenvalue weighted by Gasteiger charge is 2.91. The van der Waals surface area contributed by atoms with Crippen LogP contribution in [0.2, 0.25) is 0 Å². The van der Waals surface area contributed by atoms with Gasteiger partial charge in [0.1, 0.15) is 0 Å². The predicted molar refractivity (Wildman–Crippen MR) is 45.8 cm³/mol. The maximum atomic E-state index is 13.1. The lowest BCUT2D eigenvalue weighted by molar-refractivity contribution is -0.430. The first-order valence-electron chi connectivity index (χ1n) is 4.36. The van der Waals surface area contributed by atoms with Gasteiger partial charge in [-0.25, -0.2) is 0 Å². The van der Waals surface area contributed by atoms with E-state index in [-0.39, 0.29) is 5.16 Å². The second-order valence-corrected chi connectivity index (χ2v) is 3.73. The normalized spacial score (nSPS) is 17.7. The van der Waals surface area contributed by atoms with Gasteiger partial charge in [-0.05, 0) is 12.2 Å². The summed E-state index contributed by atoms with van der Waals surface area (Å²) in [6, 6.07) is 0. The highest BCUT2D eigenvalue weighted by molar-refractivity contribution is 7.78. The Morgan fingerprint density at radius 3 is 1.14 bits per heavy atom. The molecule has 22 heavy (non-hydrogen) atoms. The Morgan fingerprint density at radius 2 is 0.909 bits per heavy atom. The lowest BCUT2D eigenvalue weighted by atomic mass is 9.95. The van der Waals surface area contributed by atoms with Gasteiger partial charge in [0.2, 0.25) is 0 Å². The van der Waals surface area contributed by atoms with Crippen LogP contribution < -0.4 is 0 Å². The molecule has 1 unspecified atom stereocenters. The average molecular weight is 377 g/mol. The van der Waals surface area contributed by atoms with Crippen LogP contribution >= 0.6 is 12.2 Å². The van der Waals surface area contributed by atoms with Gasteiger partial charge in [0, 0.05) is 0 Å². The van der Waals surface area contributed by atoms with Crippen LogP contribution in [-0.2, 0) is 0 Å². The number of halogens is 13. The molecule has 0 aromatic carbocycles. The van der Waals surface area contributed by atoms with Gasteiger partial charge in [0.15, 0.2) is 0 Å². The first-order valence-corrected chi connectivity index (χ1v) is 4.77. The molecule has 0 saturated heterocycles. The SMILES string of the molecule is FC(F)(F)C(F)(F)C(F)(F)C(F)(F)C(F)(N=C=S)C(F)(F)F. The fourth-order valence-corrected chi connectivity index (χ4v) is 1.08. The van der Waals surface area contributed by atoms with Gasteiger partial charge in [0.05, 0.1) is 5.16 Å². The zero-order chi connectivity index (χ0) is 18.4. The van der Waals surface area contributed by atoms with Crippen molar-refractivity contribution >= 4 is 17.4 Å². The summed E-state index contributed by atoms with van der Waals surface area (Å²) >= 11 is 3.28. The van der Waals surface area contributed by atoms with Crippen LogP contribution in [-0.4, -0.2) is 41.1 Å². The van der Waals surface area contributed by atoms with Gasteiger partial charge in [-0.2, -0.15) is 62.1 Å². The molecule has 1 atom stereocenters. The molecule has 0 N–H and O–H groups in total. The summed E-state index contributed by atoms with van der Waals surface area (Å²) < 4.78 is 161. The number of alkyl halides is 13. The Labute approximate surface area is 116 Å². The van der Waals surface area contributed by atoms with Crippen molar-refractivity contribution in [3.05, 3.63) is 0 Å². The molecular formula is C7F13NS. The van der Waals surface area contributed by atoms with Crippen molar-refractivity contribution in [2.45, 2.75) is 35.9 Å². The summed E-state index contributed by atoms with van der Waals surface area (Å²) in [5.74, 6) is -30.1. The number of isothiocyanates is 1. The molecule has 1 nitrogen and oxygen atoms in total. The lowest BCUT2D eigenvalue weighted by Crippen LogP contribution is -2.70. The molecule has 0 amide bonds. The van der Waals surface area contributed by atoms with Crippen LogP contribution in [0, 0.1) is 0 Å². The fourth-order valence-electron chi connectivity index (χ4n) is 0.958. The predicted octanol–water partition coefficient (Wildman–Crippen LogP) is 4.79. The first-order chi connectivity index (χ1) is 9.31. The van der Waals surface area contributed by atoms with Crippen LogP contribution in [0.4, 0.5) is 57.1 Å². The third-order valence-corrected chi connectivity index (χ3v) is 2.23. The number of hydrogen-bond acceptors (Lipinski definition) is 2. The van der Waals surface area contributed by atoms with Gasteiger partial charge < -0.3 is 0 Å². The van der Waals surface area contributed by atoms with E-state index in [2.05, 4.69) is 12.2 Å². The number of nitrogens with zero attached hydrogens (tertiary/aromatic N) is 1. The van der Waals surface area contributed by atoms with Gasteiger partial charge in [0.25, 0.3) is 0 Å². The van der Waals surface area contributed by atoms with Crippen molar-refractivity contribution in [1.82, 2.24) is 0 Å². The van der Waals surface area contributed by atoms with Crippen molar-refractivity contribution in [1.29, 1.82) is 0 Å². The van der Waals surface area contributed by atoms with Gasteiger partial charge in [-0.1, -0.05) is 0 Å². The number of hydrogen-bond donors (Lipinski definition) is 0. The summed E-state index contributed by atoms with van der Waals surface area (Å²) in [7, 11) is 0. The van der Waals surface area contributed by atoms with Crippen LogP contribution in [0.25, 0.3) is 0 Å². The monoisotopic (exact) mass is 377 g/mol. The summed E-state index contributed by atoms with van der Waals surface area (Å²) in [6.07, 6.45) is -14.5. The summed E-state index contributed by atoms with van der Waals surface area (Å²) in [4.78, 5) is 1.00. The van der Waals surface area contributed by atoms with E-state index in [1.165, 1.54) is 0 Å². The molecule has 0 bridgehead atoms.